The van der Waals surface area contributed by atoms with Gasteiger partial charge in [-0.15, -0.1) is 16.9 Å². The number of para-hydroxylation sites is 1. The van der Waals surface area contributed by atoms with E-state index in [2.05, 4.69) is 26.2 Å². The number of hydrogen-bond donors (Lipinski definition) is 2. The highest BCUT2D eigenvalue weighted by Gasteiger charge is 2.20. The van der Waals surface area contributed by atoms with Crippen molar-refractivity contribution >= 4 is 23.6 Å². The van der Waals surface area contributed by atoms with Gasteiger partial charge in [0.1, 0.15) is 6.04 Å². The molecule has 2 unspecified atom stereocenters. The number of nitrogens with zero attached hydrogens (tertiary/aromatic N) is 4. The first-order valence-electron chi connectivity index (χ1n) is 10.1. The summed E-state index contributed by atoms with van der Waals surface area (Å²) in [6.45, 7) is 5.61. The van der Waals surface area contributed by atoms with E-state index in [1.807, 2.05) is 56.3 Å². The largest absolute Gasteiger partial charge is 0.352 e. The first kappa shape index (κ1) is 22.5. The minimum Gasteiger partial charge on any atom is -0.352 e. The number of benzene rings is 2. The summed E-state index contributed by atoms with van der Waals surface area (Å²) in [5.41, 5.74) is 1.38. The molecule has 3 rings (SSSR count). The highest BCUT2D eigenvalue weighted by molar-refractivity contribution is 7.98. The smallest absolute Gasteiger partial charge is 0.253 e. The molecule has 1 heterocycles. The van der Waals surface area contributed by atoms with E-state index in [4.69, 9.17) is 0 Å². The minimum atomic E-state index is -0.634. The standard InChI is InChI=1S/C22H26N6O2S/c1-4-15(2)23-21(29)16(3)24-22(30)18-12-8-9-13-19(18)31-14-20-25-26-27-28(20)17-10-6-5-7-11-17/h5-13,15-16H,4,14H2,1-3H3,(H,23,29)(H,24,30). The van der Waals surface area contributed by atoms with Gasteiger partial charge in [0.2, 0.25) is 5.91 Å². The van der Waals surface area contributed by atoms with Crippen molar-refractivity contribution in [3.63, 3.8) is 0 Å². The predicted molar refractivity (Wildman–Crippen MR) is 120 cm³/mol. The molecular weight excluding hydrogens is 412 g/mol. The number of rotatable bonds is 9. The molecule has 2 atom stereocenters. The molecule has 0 saturated carbocycles. The van der Waals surface area contributed by atoms with Crippen LogP contribution in [0.1, 0.15) is 43.4 Å². The predicted octanol–water partition coefficient (Wildman–Crippen LogP) is 2.99. The summed E-state index contributed by atoms with van der Waals surface area (Å²) in [4.78, 5) is 25.9. The highest BCUT2D eigenvalue weighted by Crippen LogP contribution is 2.26. The Balaban J connectivity index is 1.68. The number of thioether (sulfide) groups is 1. The van der Waals surface area contributed by atoms with Crippen LogP contribution in [0, 0.1) is 0 Å². The monoisotopic (exact) mass is 438 g/mol. The van der Waals surface area contributed by atoms with Crippen molar-refractivity contribution in [2.75, 3.05) is 0 Å². The Morgan fingerprint density at radius 2 is 1.74 bits per heavy atom. The van der Waals surface area contributed by atoms with Crippen LogP contribution in [-0.2, 0) is 10.5 Å². The Morgan fingerprint density at radius 1 is 1.03 bits per heavy atom. The van der Waals surface area contributed by atoms with Crippen molar-refractivity contribution in [2.24, 2.45) is 0 Å². The fourth-order valence-corrected chi connectivity index (χ4v) is 3.75. The molecule has 162 valence electrons. The van der Waals surface area contributed by atoms with Gasteiger partial charge in [-0.05, 0) is 55.0 Å². The van der Waals surface area contributed by atoms with E-state index in [1.165, 1.54) is 11.8 Å². The topological polar surface area (TPSA) is 102 Å². The number of tetrazole rings is 1. The molecule has 1 aromatic heterocycles. The van der Waals surface area contributed by atoms with Crippen molar-refractivity contribution in [2.45, 2.75) is 49.9 Å². The van der Waals surface area contributed by atoms with Crippen molar-refractivity contribution < 1.29 is 9.59 Å². The summed E-state index contributed by atoms with van der Waals surface area (Å²) in [6, 6.07) is 16.4. The maximum Gasteiger partial charge on any atom is 0.253 e. The van der Waals surface area contributed by atoms with E-state index in [9.17, 15) is 9.59 Å². The van der Waals surface area contributed by atoms with Gasteiger partial charge in [0.15, 0.2) is 5.82 Å². The molecule has 2 amide bonds. The second kappa shape index (κ2) is 10.7. The molecule has 31 heavy (non-hydrogen) atoms. The van der Waals surface area contributed by atoms with Crippen LogP contribution < -0.4 is 10.6 Å². The zero-order chi connectivity index (χ0) is 22.2. The molecule has 0 spiro atoms. The molecule has 0 aliphatic heterocycles. The molecule has 0 fully saturated rings. The van der Waals surface area contributed by atoms with Gasteiger partial charge in [0, 0.05) is 10.9 Å². The number of nitrogens with one attached hydrogen (secondary N) is 2. The average molecular weight is 439 g/mol. The third kappa shape index (κ3) is 5.91. The second-order valence-electron chi connectivity index (χ2n) is 7.14. The maximum absolute atomic E-state index is 12.8. The summed E-state index contributed by atoms with van der Waals surface area (Å²) in [7, 11) is 0. The maximum atomic E-state index is 12.8. The Hall–Kier alpha value is -3.20. The van der Waals surface area contributed by atoms with Crippen molar-refractivity contribution in [3.05, 3.63) is 66.0 Å². The molecular formula is C22H26N6O2S. The number of amides is 2. The van der Waals surface area contributed by atoms with Crippen LogP contribution in [0.4, 0.5) is 0 Å². The molecule has 0 aliphatic rings. The van der Waals surface area contributed by atoms with E-state index in [0.717, 1.165) is 17.0 Å². The summed E-state index contributed by atoms with van der Waals surface area (Å²) >= 11 is 1.47. The van der Waals surface area contributed by atoms with Crippen LogP contribution in [0.3, 0.4) is 0 Å². The summed E-state index contributed by atoms with van der Waals surface area (Å²) in [5.74, 6) is 0.663. The van der Waals surface area contributed by atoms with E-state index in [-0.39, 0.29) is 17.9 Å². The molecule has 8 nitrogen and oxygen atoms in total. The van der Waals surface area contributed by atoms with Gasteiger partial charge in [-0.25, -0.2) is 0 Å². The Morgan fingerprint density at radius 3 is 2.48 bits per heavy atom. The van der Waals surface area contributed by atoms with Crippen molar-refractivity contribution in [1.29, 1.82) is 0 Å². The molecule has 0 aliphatic carbocycles. The van der Waals surface area contributed by atoms with Crippen LogP contribution in [0.25, 0.3) is 5.69 Å². The van der Waals surface area contributed by atoms with Gasteiger partial charge in [-0.2, -0.15) is 4.68 Å². The Kier molecular flexibility index (Phi) is 7.77. The highest BCUT2D eigenvalue weighted by atomic mass is 32.2. The third-order valence-corrected chi connectivity index (χ3v) is 5.83. The summed E-state index contributed by atoms with van der Waals surface area (Å²) < 4.78 is 1.68. The zero-order valence-electron chi connectivity index (χ0n) is 17.8. The lowest BCUT2D eigenvalue weighted by molar-refractivity contribution is -0.123. The fourth-order valence-electron chi connectivity index (χ4n) is 2.80. The first-order chi connectivity index (χ1) is 15.0. The van der Waals surface area contributed by atoms with Gasteiger partial charge in [0.25, 0.3) is 5.91 Å². The molecule has 9 heteroatoms. The van der Waals surface area contributed by atoms with Crippen LogP contribution in [0.5, 0.6) is 0 Å². The van der Waals surface area contributed by atoms with E-state index >= 15 is 0 Å². The first-order valence-corrected chi connectivity index (χ1v) is 11.1. The molecule has 0 bridgehead atoms. The lowest BCUT2D eigenvalue weighted by atomic mass is 10.2. The lowest BCUT2D eigenvalue weighted by Gasteiger charge is -2.18. The van der Waals surface area contributed by atoms with Gasteiger partial charge in [0.05, 0.1) is 17.0 Å². The van der Waals surface area contributed by atoms with Crippen LogP contribution >= 0.6 is 11.8 Å². The number of carbonyl (C=O) groups excluding carboxylic acids is 2. The van der Waals surface area contributed by atoms with Gasteiger partial charge in [-0.1, -0.05) is 37.3 Å². The number of aromatic nitrogens is 4. The lowest BCUT2D eigenvalue weighted by Crippen LogP contribution is -2.47. The molecule has 2 N–H and O–H groups in total. The van der Waals surface area contributed by atoms with Gasteiger partial charge in [-0.3, -0.25) is 9.59 Å². The fraction of sp³-hybridized carbons (Fsp3) is 0.318. The van der Waals surface area contributed by atoms with E-state index in [1.54, 1.807) is 23.7 Å². The van der Waals surface area contributed by atoms with Gasteiger partial charge < -0.3 is 10.6 Å². The quantitative estimate of drug-likeness (QED) is 0.498. The van der Waals surface area contributed by atoms with Crippen molar-refractivity contribution in [1.82, 2.24) is 30.8 Å². The van der Waals surface area contributed by atoms with Crippen LogP contribution in [0.2, 0.25) is 0 Å². The second-order valence-corrected chi connectivity index (χ2v) is 8.16. The molecule has 0 radical (unpaired) electrons. The van der Waals surface area contributed by atoms with Crippen molar-refractivity contribution in [3.8, 4) is 5.69 Å². The zero-order valence-corrected chi connectivity index (χ0v) is 18.6. The molecule has 0 saturated heterocycles. The normalized spacial score (nSPS) is 12.7. The number of carbonyl (C=O) groups is 2. The number of hydrogen-bond acceptors (Lipinski definition) is 6. The summed E-state index contributed by atoms with van der Waals surface area (Å²) in [6.07, 6.45) is 0.828. The van der Waals surface area contributed by atoms with E-state index in [0.29, 0.717) is 17.1 Å². The SMILES string of the molecule is CCC(C)NC(=O)C(C)NC(=O)c1ccccc1SCc1nnnn1-c1ccccc1. The van der Waals surface area contributed by atoms with E-state index < -0.39 is 6.04 Å². The molecule has 3 aromatic rings. The Labute approximate surface area is 185 Å². The van der Waals surface area contributed by atoms with Crippen LogP contribution in [0.15, 0.2) is 59.5 Å². The molecule has 2 aromatic carbocycles. The summed E-state index contributed by atoms with van der Waals surface area (Å²) in [5, 5.41) is 17.6. The average Bonchev–Trinajstić information content (AvgIpc) is 3.26. The minimum absolute atomic E-state index is 0.0604. The third-order valence-electron chi connectivity index (χ3n) is 4.77. The Bertz CT molecular complexity index is 1020. The van der Waals surface area contributed by atoms with Crippen LogP contribution in [-0.4, -0.2) is 44.1 Å². The van der Waals surface area contributed by atoms with Gasteiger partial charge >= 0.3 is 0 Å².